The van der Waals surface area contributed by atoms with E-state index >= 15 is 0 Å². The van der Waals surface area contributed by atoms with Crippen molar-refractivity contribution in [2.24, 2.45) is 0 Å². The lowest BCUT2D eigenvalue weighted by Crippen LogP contribution is -2.04. The third-order valence-electron chi connectivity index (χ3n) is 1.55. The first-order chi connectivity index (χ1) is 5.79. The van der Waals surface area contributed by atoms with Gasteiger partial charge in [-0.05, 0) is 6.07 Å². The Bertz CT molecular complexity index is 273. The van der Waals surface area contributed by atoms with Gasteiger partial charge in [0.1, 0.15) is 5.69 Å². The molecule has 1 N–H and O–H groups in total. The van der Waals surface area contributed by atoms with E-state index in [2.05, 4.69) is 11.6 Å². The summed E-state index contributed by atoms with van der Waals surface area (Å²) in [5.41, 5.74) is 1.28. The Hall–Kier alpha value is -1.19. The van der Waals surface area contributed by atoms with Crippen molar-refractivity contribution in [3.8, 4) is 0 Å². The minimum atomic E-state index is -0.973. The van der Waals surface area contributed by atoms with E-state index in [-0.39, 0.29) is 0 Å². The van der Waals surface area contributed by atoms with Crippen molar-refractivity contribution < 1.29 is 9.84 Å². The molecule has 3 heteroatoms. The van der Waals surface area contributed by atoms with Gasteiger partial charge in [-0.25, -0.2) is 0 Å². The first-order valence-corrected chi connectivity index (χ1v) is 3.57. The third-order valence-corrected chi connectivity index (χ3v) is 1.55. The average molecular weight is 165 g/mol. The highest BCUT2D eigenvalue weighted by Gasteiger charge is 2.09. The molecule has 0 aliphatic heterocycles. The SMILES string of the molecule is C=Cc1cccnc1C(O)OC. The second-order valence-electron chi connectivity index (χ2n) is 2.27. The van der Waals surface area contributed by atoms with Crippen LogP contribution in [0, 0.1) is 0 Å². The zero-order chi connectivity index (χ0) is 8.97. The summed E-state index contributed by atoms with van der Waals surface area (Å²) >= 11 is 0. The minimum Gasteiger partial charge on any atom is -0.363 e. The van der Waals surface area contributed by atoms with Crippen molar-refractivity contribution in [3.05, 3.63) is 36.2 Å². The van der Waals surface area contributed by atoms with E-state index in [1.54, 1.807) is 18.3 Å². The van der Waals surface area contributed by atoms with Gasteiger partial charge < -0.3 is 9.84 Å². The van der Waals surface area contributed by atoms with Gasteiger partial charge in [0.2, 0.25) is 0 Å². The Labute approximate surface area is 71.3 Å². The number of nitrogens with zero attached hydrogens (tertiary/aromatic N) is 1. The van der Waals surface area contributed by atoms with Gasteiger partial charge in [0.15, 0.2) is 6.29 Å². The first-order valence-electron chi connectivity index (χ1n) is 3.57. The summed E-state index contributed by atoms with van der Waals surface area (Å²) in [7, 11) is 1.42. The number of aliphatic hydroxyl groups excluding tert-OH is 1. The predicted molar refractivity (Wildman–Crippen MR) is 46.3 cm³/mol. The highest BCUT2D eigenvalue weighted by atomic mass is 16.6. The molecular formula is C9H11NO2. The Kier molecular flexibility index (Phi) is 2.96. The summed E-state index contributed by atoms with van der Waals surface area (Å²) in [5.74, 6) is 0. The number of hydrogen-bond acceptors (Lipinski definition) is 3. The van der Waals surface area contributed by atoms with Crippen molar-refractivity contribution >= 4 is 6.08 Å². The van der Waals surface area contributed by atoms with Gasteiger partial charge in [-0.3, -0.25) is 4.98 Å². The lowest BCUT2D eigenvalue weighted by Gasteiger charge is -2.09. The van der Waals surface area contributed by atoms with E-state index in [0.717, 1.165) is 5.56 Å². The van der Waals surface area contributed by atoms with Crippen LogP contribution in [0.4, 0.5) is 0 Å². The van der Waals surface area contributed by atoms with Gasteiger partial charge in [-0.1, -0.05) is 18.7 Å². The quantitative estimate of drug-likeness (QED) is 0.687. The largest absolute Gasteiger partial charge is 0.363 e. The van der Waals surface area contributed by atoms with Crippen LogP contribution in [0.25, 0.3) is 6.08 Å². The number of methoxy groups -OCH3 is 1. The van der Waals surface area contributed by atoms with E-state index in [1.165, 1.54) is 7.11 Å². The normalized spacial score (nSPS) is 12.5. The minimum absolute atomic E-state index is 0.495. The van der Waals surface area contributed by atoms with E-state index in [0.29, 0.717) is 5.69 Å². The van der Waals surface area contributed by atoms with Crippen LogP contribution < -0.4 is 0 Å². The van der Waals surface area contributed by atoms with Crippen molar-refractivity contribution in [3.63, 3.8) is 0 Å². The van der Waals surface area contributed by atoms with Crippen LogP contribution in [0.2, 0.25) is 0 Å². The molecule has 0 aliphatic rings. The number of ether oxygens (including phenoxy) is 1. The first kappa shape index (κ1) is 8.90. The molecule has 0 spiro atoms. The van der Waals surface area contributed by atoms with E-state index < -0.39 is 6.29 Å². The maximum atomic E-state index is 9.31. The summed E-state index contributed by atoms with van der Waals surface area (Å²) in [4.78, 5) is 3.97. The monoisotopic (exact) mass is 165 g/mol. The highest BCUT2D eigenvalue weighted by molar-refractivity contribution is 5.49. The van der Waals surface area contributed by atoms with E-state index in [1.807, 2.05) is 6.07 Å². The van der Waals surface area contributed by atoms with Crippen LogP contribution in [0.5, 0.6) is 0 Å². The van der Waals surface area contributed by atoms with Gasteiger partial charge in [-0.15, -0.1) is 0 Å². The Morgan fingerprint density at radius 1 is 1.75 bits per heavy atom. The molecule has 0 saturated carbocycles. The molecule has 0 aromatic carbocycles. The summed E-state index contributed by atoms with van der Waals surface area (Å²) < 4.78 is 4.72. The zero-order valence-electron chi connectivity index (χ0n) is 6.90. The fraction of sp³-hybridized carbons (Fsp3) is 0.222. The summed E-state index contributed by atoms with van der Waals surface area (Å²) in [6, 6.07) is 3.60. The molecule has 0 amide bonds. The van der Waals surface area contributed by atoms with Crippen LogP contribution in [-0.2, 0) is 4.74 Å². The molecule has 0 fully saturated rings. The number of aliphatic hydroxyl groups is 1. The average Bonchev–Trinajstić information content (AvgIpc) is 2.16. The molecule has 1 atom stereocenters. The highest BCUT2D eigenvalue weighted by Crippen LogP contribution is 2.15. The zero-order valence-corrected chi connectivity index (χ0v) is 6.90. The molecule has 1 heterocycles. The van der Waals surface area contributed by atoms with Crippen molar-refractivity contribution in [2.45, 2.75) is 6.29 Å². The van der Waals surface area contributed by atoms with Crippen LogP contribution in [0.3, 0.4) is 0 Å². The molecule has 0 saturated heterocycles. The molecule has 1 aromatic rings. The summed E-state index contributed by atoms with van der Waals surface area (Å²) in [6.07, 6.45) is 2.26. The lowest BCUT2D eigenvalue weighted by molar-refractivity contribution is -0.0800. The number of rotatable bonds is 3. The fourth-order valence-corrected chi connectivity index (χ4v) is 0.921. The molecule has 0 aliphatic carbocycles. The Balaban J connectivity index is 3.04. The molecular weight excluding hydrogens is 154 g/mol. The van der Waals surface area contributed by atoms with Gasteiger partial charge in [0, 0.05) is 18.9 Å². The predicted octanol–water partition coefficient (Wildman–Crippen LogP) is 1.36. The van der Waals surface area contributed by atoms with Gasteiger partial charge in [0.05, 0.1) is 0 Å². The van der Waals surface area contributed by atoms with Crippen LogP contribution in [-0.4, -0.2) is 17.2 Å². The Morgan fingerprint density at radius 3 is 3.08 bits per heavy atom. The molecule has 0 radical (unpaired) electrons. The molecule has 1 rings (SSSR count). The maximum Gasteiger partial charge on any atom is 0.198 e. The standard InChI is InChI=1S/C9H11NO2/c1-3-7-5-4-6-10-8(7)9(11)12-2/h3-6,9,11H,1H2,2H3. The van der Waals surface area contributed by atoms with Crippen molar-refractivity contribution in [2.75, 3.05) is 7.11 Å². The summed E-state index contributed by atoms with van der Waals surface area (Å²) in [5, 5.41) is 9.31. The van der Waals surface area contributed by atoms with Gasteiger partial charge in [-0.2, -0.15) is 0 Å². The molecule has 1 aromatic heterocycles. The third kappa shape index (κ3) is 1.69. The van der Waals surface area contributed by atoms with Gasteiger partial charge in [0.25, 0.3) is 0 Å². The molecule has 3 nitrogen and oxygen atoms in total. The maximum absolute atomic E-state index is 9.31. The molecule has 64 valence electrons. The lowest BCUT2D eigenvalue weighted by atomic mass is 10.2. The van der Waals surface area contributed by atoms with Crippen LogP contribution >= 0.6 is 0 Å². The second kappa shape index (κ2) is 3.99. The second-order valence-corrected chi connectivity index (χ2v) is 2.27. The fourth-order valence-electron chi connectivity index (χ4n) is 0.921. The summed E-state index contributed by atoms with van der Waals surface area (Å²) in [6.45, 7) is 3.60. The van der Waals surface area contributed by atoms with Crippen molar-refractivity contribution in [1.29, 1.82) is 0 Å². The van der Waals surface area contributed by atoms with E-state index in [4.69, 9.17) is 4.74 Å². The molecule has 0 bridgehead atoms. The molecule has 1 unspecified atom stereocenters. The smallest absolute Gasteiger partial charge is 0.198 e. The van der Waals surface area contributed by atoms with Gasteiger partial charge >= 0.3 is 0 Å². The number of hydrogen-bond donors (Lipinski definition) is 1. The van der Waals surface area contributed by atoms with Crippen LogP contribution in [0.1, 0.15) is 17.5 Å². The van der Waals surface area contributed by atoms with Crippen LogP contribution in [0.15, 0.2) is 24.9 Å². The Morgan fingerprint density at radius 2 is 2.50 bits per heavy atom. The van der Waals surface area contributed by atoms with E-state index in [9.17, 15) is 5.11 Å². The topological polar surface area (TPSA) is 42.4 Å². The van der Waals surface area contributed by atoms with Crippen molar-refractivity contribution in [1.82, 2.24) is 4.98 Å². The number of aromatic nitrogens is 1. The molecule has 12 heavy (non-hydrogen) atoms. The number of pyridine rings is 1.